The van der Waals surface area contributed by atoms with Gasteiger partial charge in [0.1, 0.15) is 11.8 Å². The summed E-state index contributed by atoms with van der Waals surface area (Å²) in [6, 6.07) is 0.543. The topological polar surface area (TPSA) is 73.0 Å². The van der Waals surface area contributed by atoms with Crippen LogP contribution in [0.3, 0.4) is 0 Å². The van der Waals surface area contributed by atoms with Gasteiger partial charge in [-0.3, -0.25) is 9.48 Å². The first-order valence-corrected chi connectivity index (χ1v) is 6.96. The third-order valence-electron chi connectivity index (χ3n) is 2.97. The molecule has 1 unspecified atom stereocenters. The fraction of sp³-hybridized carbons (Fsp3) is 0.417. The minimum absolute atomic E-state index is 0.183. The zero-order valence-corrected chi connectivity index (χ0v) is 13.4. The maximum Gasteiger partial charge on any atom is 0.436 e. The second-order valence-electron chi connectivity index (χ2n) is 4.68. The van der Waals surface area contributed by atoms with Crippen molar-refractivity contribution in [2.24, 2.45) is 0 Å². The highest BCUT2D eigenvalue weighted by molar-refractivity contribution is 9.10. The molecule has 6 nitrogen and oxygen atoms in total. The lowest BCUT2D eigenvalue weighted by Crippen LogP contribution is -2.25. The van der Waals surface area contributed by atoms with E-state index in [-0.39, 0.29) is 16.0 Å². The third-order valence-corrected chi connectivity index (χ3v) is 3.92. The molecule has 0 aliphatic rings. The highest BCUT2D eigenvalue weighted by Crippen LogP contribution is 2.36. The average molecular weight is 381 g/mol. The summed E-state index contributed by atoms with van der Waals surface area (Å²) in [6.07, 6.45) is -4.60. The molecule has 120 valence electrons. The number of rotatable bonds is 3. The molecule has 1 atom stereocenters. The lowest BCUT2D eigenvalue weighted by Gasteiger charge is -2.13. The van der Waals surface area contributed by atoms with Crippen LogP contribution in [0.15, 0.2) is 15.1 Å². The Morgan fingerprint density at radius 2 is 2.09 bits per heavy atom. The number of halogens is 4. The van der Waals surface area contributed by atoms with Crippen LogP contribution in [-0.4, -0.2) is 20.8 Å². The highest BCUT2D eigenvalue weighted by Gasteiger charge is 2.39. The molecule has 10 heteroatoms. The number of anilines is 1. The lowest BCUT2D eigenvalue weighted by atomic mass is 10.3. The number of hydrogen-bond acceptors (Lipinski definition) is 4. The smallest absolute Gasteiger partial charge is 0.360 e. The molecule has 0 radical (unpaired) electrons. The molecule has 2 rings (SSSR count). The fourth-order valence-corrected chi connectivity index (χ4v) is 2.31. The van der Waals surface area contributed by atoms with Crippen LogP contribution >= 0.6 is 15.9 Å². The Morgan fingerprint density at radius 3 is 2.55 bits per heavy atom. The molecular formula is C12H12BrF3N4O2. The van der Waals surface area contributed by atoms with Gasteiger partial charge in [-0.15, -0.1) is 0 Å². The molecule has 0 aliphatic carbocycles. The normalized spacial score (nSPS) is 13.2. The minimum Gasteiger partial charge on any atom is -0.360 e. The maximum atomic E-state index is 12.8. The molecule has 0 spiro atoms. The predicted molar refractivity (Wildman–Crippen MR) is 74.2 cm³/mol. The SMILES string of the molecule is Cc1cc(NC(=O)C(C)n2nc(C(F)(F)F)c(Br)c2C)no1. The second-order valence-corrected chi connectivity index (χ2v) is 5.47. The Labute approximate surface area is 131 Å². The van der Waals surface area contributed by atoms with Crippen molar-refractivity contribution in [1.82, 2.24) is 14.9 Å². The van der Waals surface area contributed by atoms with E-state index in [0.29, 0.717) is 5.76 Å². The van der Waals surface area contributed by atoms with E-state index < -0.39 is 23.8 Å². The highest BCUT2D eigenvalue weighted by atomic mass is 79.9. The molecule has 2 aromatic rings. The molecule has 1 N–H and O–H groups in total. The molecule has 0 saturated carbocycles. The van der Waals surface area contributed by atoms with Gasteiger partial charge in [-0.1, -0.05) is 5.16 Å². The third kappa shape index (κ3) is 3.16. The van der Waals surface area contributed by atoms with E-state index in [4.69, 9.17) is 4.52 Å². The summed E-state index contributed by atoms with van der Waals surface area (Å²) in [5.74, 6) is 0.134. The van der Waals surface area contributed by atoms with Crippen molar-refractivity contribution < 1.29 is 22.5 Å². The molecule has 22 heavy (non-hydrogen) atoms. The molecule has 0 bridgehead atoms. The summed E-state index contributed by atoms with van der Waals surface area (Å²) in [6.45, 7) is 4.53. The van der Waals surface area contributed by atoms with Crippen molar-refractivity contribution in [3.8, 4) is 0 Å². The lowest BCUT2D eigenvalue weighted by molar-refractivity contribution is -0.142. The average Bonchev–Trinajstić information content (AvgIpc) is 2.93. The summed E-state index contributed by atoms with van der Waals surface area (Å²) >= 11 is 2.86. The number of carbonyl (C=O) groups excluding carboxylic acids is 1. The predicted octanol–water partition coefficient (Wildman–Crippen LogP) is 3.47. The molecule has 2 aromatic heterocycles. The van der Waals surface area contributed by atoms with Gasteiger partial charge >= 0.3 is 6.18 Å². The molecule has 0 aliphatic heterocycles. The van der Waals surface area contributed by atoms with Gasteiger partial charge in [-0.2, -0.15) is 18.3 Å². The summed E-state index contributed by atoms with van der Waals surface area (Å²) in [5.41, 5.74) is -0.867. The van der Waals surface area contributed by atoms with E-state index in [1.54, 1.807) is 6.92 Å². The molecule has 1 amide bonds. The van der Waals surface area contributed by atoms with Gasteiger partial charge in [0, 0.05) is 6.07 Å². The number of aryl methyl sites for hydroxylation is 1. The molecule has 2 heterocycles. The number of hydrogen-bond donors (Lipinski definition) is 1. The van der Waals surface area contributed by atoms with Gasteiger partial charge in [0.2, 0.25) is 5.91 Å². The Bertz CT molecular complexity index is 708. The fourth-order valence-electron chi connectivity index (χ4n) is 1.82. The number of nitrogens with one attached hydrogen (secondary N) is 1. The summed E-state index contributed by atoms with van der Waals surface area (Å²) < 4.78 is 44.1. The summed E-state index contributed by atoms with van der Waals surface area (Å²) in [5, 5.41) is 9.53. The second kappa shape index (κ2) is 5.75. The van der Waals surface area contributed by atoms with Gasteiger partial charge < -0.3 is 9.84 Å². The number of alkyl halides is 3. The van der Waals surface area contributed by atoms with Crippen molar-refractivity contribution in [3.05, 3.63) is 27.7 Å². The van der Waals surface area contributed by atoms with E-state index in [1.165, 1.54) is 19.9 Å². The Kier molecular flexibility index (Phi) is 4.32. The number of amides is 1. The number of nitrogens with zero attached hydrogens (tertiary/aromatic N) is 3. The largest absolute Gasteiger partial charge is 0.436 e. The molecule has 0 aromatic carbocycles. The van der Waals surface area contributed by atoms with Gasteiger partial charge in [-0.25, -0.2) is 0 Å². The van der Waals surface area contributed by atoms with Crippen LogP contribution in [0.5, 0.6) is 0 Å². The van der Waals surface area contributed by atoms with E-state index in [9.17, 15) is 18.0 Å². The Morgan fingerprint density at radius 1 is 1.45 bits per heavy atom. The van der Waals surface area contributed by atoms with Crippen LogP contribution in [0.4, 0.5) is 19.0 Å². The first kappa shape index (κ1) is 16.5. The van der Waals surface area contributed by atoms with E-state index in [0.717, 1.165) is 4.68 Å². The quantitative estimate of drug-likeness (QED) is 0.884. The van der Waals surface area contributed by atoms with Crippen LogP contribution in [0.2, 0.25) is 0 Å². The van der Waals surface area contributed by atoms with E-state index in [2.05, 4.69) is 31.5 Å². The van der Waals surface area contributed by atoms with E-state index in [1.807, 2.05) is 0 Å². The van der Waals surface area contributed by atoms with Crippen LogP contribution in [0, 0.1) is 13.8 Å². The molecule has 0 fully saturated rings. The van der Waals surface area contributed by atoms with Gasteiger partial charge in [-0.05, 0) is 36.7 Å². The molecular weight excluding hydrogens is 369 g/mol. The van der Waals surface area contributed by atoms with Gasteiger partial charge in [0.05, 0.1) is 10.2 Å². The monoisotopic (exact) mass is 380 g/mol. The van der Waals surface area contributed by atoms with Crippen LogP contribution in [0.1, 0.15) is 30.1 Å². The van der Waals surface area contributed by atoms with Crippen LogP contribution < -0.4 is 5.32 Å². The van der Waals surface area contributed by atoms with Gasteiger partial charge in [0.25, 0.3) is 0 Å². The van der Waals surface area contributed by atoms with Crippen molar-refractivity contribution >= 4 is 27.7 Å². The Hall–Kier alpha value is -1.84. The zero-order valence-electron chi connectivity index (χ0n) is 11.8. The zero-order chi connectivity index (χ0) is 16.7. The van der Waals surface area contributed by atoms with Crippen molar-refractivity contribution in [3.63, 3.8) is 0 Å². The van der Waals surface area contributed by atoms with Crippen molar-refractivity contribution in [2.75, 3.05) is 5.32 Å². The summed E-state index contributed by atoms with van der Waals surface area (Å²) in [4.78, 5) is 12.1. The first-order chi connectivity index (χ1) is 10.1. The Balaban J connectivity index is 2.25. The van der Waals surface area contributed by atoms with Crippen molar-refractivity contribution in [1.29, 1.82) is 0 Å². The van der Waals surface area contributed by atoms with Gasteiger partial charge in [0.15, 0.2) is 11.5 Å². The molecule has 0 saturated heterocycles. The first-order valence-electron chi connectivity index (χ1n) is 6.17. The van der Waals surface area contributed by atoms with E-state index >= 15 is 0 Å². The minimum atomic E-state index is -4.60. The summed E-state index contributed by atoms with van der Waals surface area (Å²) in [7, 11) is 0. The number of carbonyl (C=O) groups is 1. The number of aromatic nitrogens is 3. The van der Waals surface area contributed by atoms with Crippen LogP contribution in [-0.2, 0) is 11.0 Å². The van der Waals surface area contributed by atoms with Crippen LogP contribution in [0.25, 0.3) is 0 Å². The van der Waals surface area contributed by atoms with Crippen molar-refractivity contribution in [2.45, 2.75) is 33.0 Å². The maximum absolute atomic E-state index is 12.8. The standard InChI is InChI=1S/C12H12BrF3N4O2/c1-5-4-8(19-22-5)17-11(21)7(3)20-6(2)9(13)10(18-20)12(14,15)16/h4,7H,1-3H3,(H,17,19,21).